The second-order valence-corrected chi connectivity index (χ2v) is 4.88. The molecule has 0 amide bonds. The number of halogens is 1. The molecule has 1 aromatic carbocycles. The van der Waals surface area contributed by atoms with Crippen molar-refractivity contribution in [3.8, 4) is 5.75 Å². The number of benzene rings is 1. The molecule has 0 heterocycles. The molecule has 108 valence electrons. The van der Waals surface area contributed by atoms with Gasteiger partial charge in [0.15, 0.2) is 0 Å². The van der Waals surface area contributed by atoms with Gasteiger partial charge in [-0.25, -0.2) is 4.39 Å². The van der Waals surface area contributed by atoms with E-state index in [0.29, 0.717) is 18.8 Å². The third-order valence-electron chi connectivity index (χ3n) is 3.02. The second-order valence-electron chi connectivity index (χ2n) is 4.88. The molecule has 0 saturated carbocycles. The molecule has 1 rings (SSSR count). The Kier molecular flexibility index (Phi) is 6.81. The molecule has 0 bridgehead atoms. The molecule has 19 heavy (non-hydrogen) atoms. The van der Waals surface area contributed by atoms with Gasteiger partial charge >= 0.3 is 0 Å². The molecular formula is C15H24FNO2. The largest absolute Gasteiger partial charge is 0.491 e. The summed E-state index contributed by atoms with van der Waals surface area (Å²) < 4.78 is 24.2. The quantitative estimate of drug-likeness (QED) is 0.789. The average Bonchev–Trinajstić information content (AvgIpc) is 2.35. The lowest BCUT2D eigenvalue weighted by atomic mass is 10.0. The van der Waals surface area contributed by atoms with Crippen LogP contribution in [0.25, 0.3) is 0 Å². The van der Waals surface area contributed by atoms with Gasteiger partial charge < -0.3 is 15.2 Å². The zero-order valence-corrected chi connectivity index (χ0v) is 12.0. The Hall–Kier alpha value is -1.13. The molecule has 0 aliphatic carbocycles. The van der Waals surface area contributed by atoms with Crippen LogP contribution in [0.15, 0.2) is 18.2 Å². The minimum Gasteiger partial charge on any atom is -0.491 e. The summed E-state index contributed by atoms with van der Waals surface area (Å²) in [6.07, 6.45) is 2.31. The van der Waals surface area contributed by atoms with Gasteiger partial charge in [0.1, 0.15) is 11.6 Å². The van der Waals surface area contributed by atoms with Crippen LogP contribution in [0, 0.1) is 5.82 Å². The number of hydrogen-bond donors (Lipinski definition) is 1. The predicted molar refractivity (Wildman–Crippen MR) is 75.0 cm³/mol. The predicted octanol–water partition coefficient (Wildman–Crippen LogP) is 2.91. The van der Waals surface area contributed by atoms with Crippen molar-refractivity contribution in [1.82, 2.24) is 0 Å². The van der Waals surface area contributed by atoms with Gasteiger partial charge in [-0.1, -0.05) is 6.92 Å². The minimum absolute atomic E-state index is 0.00514. The van der Waals surface area contributed by atoms with Crippen LogP contribution in [0.1, 0.15) is 32.3 Å². The van der Waals surface area contributed by atoms with Gasteiger partial charge in [-0.15, -0.1) is 0 Å². The summed E-state index contributed by atoms with van der Waals surface area (Å²) in [6.45, 7) is 4.60. The molecule has 0 aliphatic rings. The molecule has 0 saturated heterocycles. The molecule has 0 spiro atoms. The molecule has 4 heteroatoms. The van der Waals surface area contributed by atoms with E-state index >= 15 is 0 Å². The van der Waals surface area contributed by atoms with Crippen molar-refractivity contribution in [3.05, 3.63) is 29.6 Å². The Morgan fingerprint density at radius 1 is 1.32 bits per heavy atom. The van der Waals surface area contributed by atoms with Crippen LogP contribution in [-0.4, -0.2) is 25.9 Å². The van der Waals surface area contributed by atoms with Crippen molar-refractivity contribution in [1.29, 1.82) is 0 Å². The van der Waals surface area contributed by atoms with Crippen LogP contribution >= 0.6 is 0 Å². The van der Waals surface area contributed by atoms with Crippen LogP contribution in [0.3, 0.4) is 0 Å². The van der Waals surface area contributed by atoms with Gasteiger partial charge in [-0.05, 0) is 37.5 Å². The smallest absolute Gasteiger partial charge is 0.127 e. The summed E-state index contributed by atoms with van der Waals surface area (Å²) >= 11 is 0. The monoisotopic (exact) mass is 269 g/mol. The number of methoxy groups -OCH3 is 1. The van der Waals surface area contributed by atoms with E-state index in [1.807, 2.05) is 19.9 Å². The normalized spacial score (nSPS) is 14.2. The van der Waals surface area contributed by atoms with E-state index in [2.05, 4.69) is 0 Å². The number of ether oxygens (including phenoxy) is 2. The maximum atomic E-state index is 13.5. The molecular weight excluding hydrogens is 245 g/mol. The molecule has 1 aromatic rings. The van der Waals surface area contributed by atoms with Crippen LogP contribution in [-0.2, 0) is 11.2 Å². The highest BCUT2D eigenvalue weighted by Crippen LogP contribution is 2.19. The fraction of sp³-hybridized carbons (Fsp3) is 0.600. The second kappa shape index (κ2) is 8.12. The van der Waals surface area contributed by atoms with E-state index in [1.54, 1.807) is 7.11 Å². The summed E-state index contributed by atoms with van der Waals surface area (Å²) in [7, 11) is 1.65. The van der Waals surface area contributed by atoms with Gasteiger partial charge in [0.25, 0.3) is 0 Å². The molecule has 2 N–H and O–H groups in total. The SMILES string of the molecule is CCC(N)Cc1cc(F)cc(OC(C)CCOC)c1. The standard InChI is InChI=1S/C15H24FNO2/c1-4-14(17)8-12-7-13(16)10-15(9-12)19-11(2)5-6-18-3/h7,9-11,14H,4-6,8,17H2,1-3H3. The van der Waals surface area contributed by atoms with Gasteiger partial charge in [-0.3, -0.25) is 0 Å². The summed E-state index contributed by atoms with van der Waals surface area (Å²) in [5.74, 6) is 0.275. The van der Waals surface area contributed by atoms with E-state index in [-0.39, 0.29) is 18.0 Å². The van der Waals surface area contributed by atoms with E-state index in [1.165, 1.54) is 12.1 Å². The summed E-state index contributed by atoms with van der Waals surface area (Å²) in [5.41, 5.74) is 6.77. The topological polar surface area (TPSA) is 44.5 Å². The van der Waals surface area contributed by atoms with Crippen LogP contribution < -0.4 is 10.5 Å². The number of hydrogen-bond acceptors (Lipinski definition) is 3. The van der Waals surface area contributed by atoms with Crippen molar-refractivity contribution in [2.45, 2.75) is 45.3 Å². The Balaban J connectivity index is 2.67. The highest BCUT2D eigenvalue weighted by atomic mass is 19.1. The molecule has 0 radical (unpaired) electrons. The van der Waals surface area contributed by atoms with E-state index in [4.69, 9.17) is 15.2 Å². The van der Waals surface area contributed by atoms with Gasteiger partial charge in [0.2, 0.25) is 0 Å². The first kappa shape index (κ1) is 15.9. The fourth-order valence-corrected chi connectivity index (χ4v) is 1.83. The maximum absolute atomic E-state index is 13.5. The molecule has 3 nitrogen and oxygen atoms in total. The average molecular weight is 269 g/mol. The lowest BCUT2D eigenvalue weighted by molar-refractivity contribution is 0.135. The maximum Gasteiger partial charge on any atom is 0.127 e. The number of rotatable bonds is 8. The van der Waals surface area contributed by atoms with E-state index < -0.39 is 0 Å². The first-order chi connectivity index (χ1) is 9.05. The van der Waals surface area contributed by atoms with Crippen molar-refractivity contribution < 1.29 is 13.9 Å². The van der Waals surface area contributed by atoms with Gasteiger partial charge in [0.05, 0.1) is 6.10 Å². The highest BCUT2D eigenvalue weighted by Gasteiger charge is 2.09. The summed E-state index contributed by atoms with van der Waals surface area (Å²) in [4.78, 5) is 0. The van der Waals surface area contributed by atoms with E-state index in [9.17, 15) is 4.39 Å². The Morgan fingerprint density at radius 2 is 2.05 bits per heavy atom. The van der Waals surface area contributed by atoms with Crippen LogP contribution in [0.4, 0.5) is 4.39 Å². The first-order valence-electron chi connectivity index (χ1n) is 6.75. The lowest BCUT2D eigenvalue weighted by Gasteiger charge is -2.16. The molecule has 0 aromatic heterocycles. The molecule has 0 fully saturated rings. The number of nitrogens with two attached hydrogens (primary N) is 1. The van der Waals surface area contributed by atoms with Crippen LogP contribution in [0.2, 0.25) is 0 Å². The Bertz CT molecular complexity index is 384. The van der Waals surface area contributed by atoms with E-state index in [0.717, 1.165) is 18.4 Å². The van der Waals surface area contributed by atoms with Crippen molar-refractivity contribution in [2.75, 3.05) is 13.7 Å². The molecule has 2 atom stereocenters. The van der Waals surface area contributed by atoms with Gasteiger partial charge in [-0.2, -0.15) is 0 Å². The zero-order chi connectivity index (χ0) is 14.3. The first-order valence-corrected chi connectivity index (χ1v) is 6.75. The fourth-order valence-electron chi connectivity index (χ4n) is 1.83. The Labute approximate surface area is 114 Å². The lowest BCUT2D eigenvalue weighted by Crippen LogP contribution is -2.21. The van der Waals surface area contributed by atoms with Crippen molar-refractivity contribution >= 4 is 0 Å². The summed E-state index contributed by atoms with van der Waals surface area (Å²) in [6, 6.07) is 4.84. The molecule has 0 aliphatic heterocycles. The van der Waals surface area contributed by atoms with Gasteiger partial charge in [0, 0.05) is 32.2 Å². The van der Waals surface area contributed by atoms with Crippen molar-refractivity contribution in [3.63, 3.8) is 0 Å². The molecule has 2 unspecified atom stereocenters. The highest BCUT2D eigenvalue weighted by molar-refractivity contribution is 5.30. The zero-order valence-electron chi connectivity index (χ0n) is 12.0. The third-order valence-corrected chi connectivity index (χ3v) is 3.02. The third kappa shape index (κ3) is 6.03. The minimum atomic E-state index is -0.283. The summed E-state index contributed by atoms with van der Waals surface area (Å²) in [5, 5.41) is 0. The Morgan fingerprint density at radius 3 is 2.68 bits per heavy atom. The van der Waals surface area contributed by atoms with Crippen LogP contribution in [0.5, 0.6) is 5.75 Å². The van der Waals surface area contributed by atoms with Crippen molar-refractivity contribution in [2.24, 2.45) is 5.73 Å².